The van der Waals surface area contributed by atoms with E-state index in [1.165, 1.54) is 0 Å². The molecule has 1 aromatic carbocycles. The minimum Gasteiger partial charge on any atom is -0.264 e. The lowest BCUT2D eigenvalue weighted by molar-refractivity contribution is 0.597. The molecule has 0 bridgehead atoms. The fourth-order valence-electron chi connectivity index (χ4n) is 2.44. The smallest absolute Gasteiger partial charge is 0.263 e. The van der Waals surface area contributed by atoms with Crippen LogP contribution in [0.2, 0.25) is 0 Å². The second-order valence-electron chi connectivity index (χ2n) is 5.23. The van der Waals surface area contributed by atoms with Gasteiger partial charge in [-0.25, -0.2) is 13.1 Å². The van der Waals surface area contributed by atoms with Crippen LogP contribution >= 0.6 is 0 Å². The third-order valence-corrected chi connectivity index (χ3v) is 5.45. The maximum Gasteiger partial charge on any atom is 0.263 e. The van der Waals surface area contributed by atoms with E-state index in [0.717, 1.165) is 22.3 Å². The predicted octanol–water partition coefficient (Wildman–Crippen LogP) is 2.94. The van der Waals surface area contributed by atoms with Gasteiger partial charge in [0.05, 0.1) is 11.1 Å². The summed E-state index contributed by atoms with van der Waals surface area (Å²) in [6, 6.07) is 3.67. The Kier molecular flexibility index (Phi) is 4.09. The van der Waals surface area contributed by atoms with Crippen LogP contribution in [0.25, 0.3) is 0 Å². The number of anilines is 1. The lowest BCUT2D eigenvalue weighted by atomic mass is 10.0. The number of benzene rings is 1. The monoisotopic (exact) mass is 307 g/mol. The Morgan fingerprint density at radius 2 is 1.71 bits per heavy atom. The molecule has 1 aromatic heterocycles. The molecule has 2 rings (SSSR count). The van der Waals surface area contributed by atoms with Crippen molar-refractivity contribution in [3.05, 3.63) is 40.6 Å². The second kappa shape index (κ2) is 5.52. The largest absolute Gasteiger partial charge is 0.264 e. The summed E-state index contributed by atoms with van der Waals surface area (Å²) in [6.07, 6.45) is 1.59. The van der Waals surface area contributed by atoms with E-state index in [1.807, 2.05) is 40.7 Å². The van der Waals surface area contributed by atoms with Crippen LogP contribution < -0.4 is 4.72 Å². The van der Waals surface area contributed by atoms with Crippen LogP contribution in [0.3, 0.4) is 0 Å². The van der Waals surface area contributed by atoms with Gasteiger partial charge in [0, 0.05) is 12.6 Å². The zero-order valence-corrected chi connectivity index (χ0v) is 13.9. The number of nitrogens with one attached hydrogen (secondary N) is 1. The van der Waals surface area contributed by atoms with E-state index in [1.54, 1.807) is 16.9 Å². The Morgan fingerprint density at radius 1 is 1.14 bits per heavy atom. The standard InChI is InChI=1S/C15H21N3O2S/c1-6-18-14(7-8-16-18)17-21(19,20)15-12(4)10(2)9-11(3)13(15)5/h7-9,17H,6H2,1-5H3. The first-order valence-corrected chi connectivity index (χ1v) is 8.38. The van der Waals surface area contributed by atoms with Gasteiger partial charge in [0.15, 0.2) is 0 Å². The molecule has 0 aliphatic heterocycles. The average molecular weight is 307 g/mol. The fourth-order valence-corrected chi connectivity index (χ4v) is 4.12. The zero-order chi connectivity index (χ0) is 15.8. The number of rotatable bonds is 4. The molecule has 0 amide bonds. The highest BCUT2D eigenvalue weighted by molar-refractivity contribution is 7.92. The van der Waals surface area contributed by atoms with Gasteiger partial charge in [-0.3, -0.25) is 4.72 Å². The predicted molar refractivity (Wildman–Crippen MR) is 84.1 cm³/mol. The van der Waals surface area contributed by atoms with Crippen molar-refractivity contribution < 1.29 is 8.42 Å². The molecule has 1 heterocycles. The number of nitrogens with zero attached hydrogens (tertiary/aromatic N) is 2. The van der Waals surface area contributed by atoms with Gasteiger partial charge >= 0.3 is 0 Å². The van der Waals surface area contributed by atoms with Crippen molar-refractivity contribution in [2.75, 3.05) is 4.72 Å². The summed E-state index contributed by atoms with van der Waals surface area (Å²) in [6.45, 7) is 10.1. The lowest BCUT2D eigenvalue weighted by Crippen LogP contribution is -2.19. The number of hydrogen-bond acceptors (Lipinski definition) is 3. The molecule has 1 N–H and O–H groups in total. The molecule has 0 atom stereocenters. The lowest BCUT2D eigenvalue weighted by Gasteiger charge is -2.17. The van der Waals surface area contributed by atoms with Crippen LogP contribution in [0.1, 0.15) is 29.2 Å². The van der Waals surface area contributed by atoms with E-state index < -0.39 is 10.0 Å². The molecule has 0 spiro atoms. The van der Waals surface area contributed by atoms with Crippen LogP contribution in [0.5, 0.6) is 0 Å². The van der Waals surface area contributed by atoms with Crippen molar-refractivity contribution >= 4 is 15.8 Å². The SMILES string of the molecule is CCn1nccc1NS(=O)(=O)c1c(C)c(C)cc(C)c1C. The summed E-state index contributed by atoms with van der Waals surface area (Å²) in [4.78, 5) is 0.365. The fraction of sp³-hybridized carbons (Fsp3) is 0.400. The highest BCUT2D eigenvalue weighted by Gasteiger charge is 2.23. The first kappa shape index (κ1) is 15.6. The molecule has 0 saturated carbocycles. The Morgan fingerprint density at radius 3 is 2.24 bits per heavy atom. The highest BCUT2D eigenvalue weighted by Crippen LogP contribution is 2.27. The first-order chi connectivity index (χ1) is 9.77. The van der Waals surface area contributed by atoms with Gasteiger partial charge in [-0.05, 0) is 56.9 Å². The molecule has 0 aliphatic carbocycles. The van der Waals surface area contributed by atoms with E-state index >= 15 is 0 Å². The molecule has 5 nitrogen and oxygen atoms in total. The third-order valence-electron chi connectivity index (χ3n) is 3.82. The summed E-state index contributed by atoms with van der Waals surface area (Å²) >= 11 is 0. The van der Waals surface area contributed by atoms with Crippen molar-refractivity contribution in [3.8, 4) is 0 Å². The van der Waals surface area contributed by atoms with Gasteiger partial charge in [-0.1, -0.05) is 6.07 Å². The maximum absolute atomic E-state index is 12.8. The van der Waals surface area contributed by atoms with Gasteiger partial charge in [0.2, 0.25) is 0 Å². The van der Waals surface area contributed by atoms with E-state index in [4.69, 9.17) is 0 Å². The Balaban J connectivity index is 2.55. The normalized spacial score (nSPS) is 11.7. The van der Waals surface area contributed by atoms with Crippen molar-refractivity contribution in [1.29, 1.82) is 0 Å². The molecule has 0 radical (unpaired) electrons. The number of sulfonamides is 1. The molecule has 0 saturated heterocycles. The first-order valence-electron chi connectivity index (χ1n) is 6.90. The number of aromatic nitrogens is 2. The zero-order valence-electron chi connectivity index (χ0n) is 13.1. The van der Waals surface area contributed by atoms with Gasteiger partial charge < -0.3 is 0 Å². The summed E-state index contributed by atoms with van der Waals surface area (Å²) in [5, 5.41) is 4.08. The van der Waals surface area contributed by atoms with Crippen LogP contribution in [0, 0.1) is 27.7 Å². The second-order valence-corrected chi connectivity index (χ2v) is 6.85. The van der Waals surface area contributed by atoms with E-state index in [-0.39, 0.29) is 0 Å². The molecule has 0 aliphatic rings. The maximum atomic E-state index is 12.8. The van der Waals surface area contributed by atoms with Crippen molar-refractivity contribution in [3.63, 3.8) is 0 Å². The van der Waals surface area contributed by atoms with Gasteiger partial charge in [-0.15, -0.1) is 0 Å². The third kappa shape index (κ3) is 2.81. The van der Waals surface area contributed by atoms with Crippen molar-refractivity contribution in [2.24, 2.45) is 0 Å². The van der Waals surface area contributed by atoms with E-state index in [2.05, 4.69) is 9.82 Å². The Labute approximate surface area is 126 Å². The average Bonchev–Trinajstić information content (AvgIpc) is 2.82. The molecule has 0 fully saturated rings. The minimum atomic E-state index is -3.63. The van der Waals surface area contributed by atoms with Crippen LogP contribution in [-0.4, -0.2) is 18.2 Å². The van der Waals surface area contributed by atoms with Gasteiger partial charge in [-0.2, -0.15) is 5.10 Å². The Hall–Kier alpha value is -1.82. The molecule has 6 heteroatoms. The topological polar surface area (TPSA) is 64.0 Å². The molecular formula is C15H21N3O2S. The summed E-state index contributed by atoms with van der Waals surface area (Å²) in [7, 11) is -3.63. The molecular weight excluding hydrogens is 286 g/mol. The van der Waals surface area contributed by atoms with E-state index in [0.29, 0.717) is 17.3 Å². The quantitative estimate of drug-likeness (QED) is 0.944. The molecule has 2 aromatic rings. The van der Waals surface area contributed by atoms with Crippen LogP contribution in [0.4, 0.5) is 5.82 Å². The minimum absolute atomic E-state index is 0.365. The van der Waals surface area contributed by atoms with Crippen LogP contribution in [-0.2, 0) is 16.6 Å². The molecule has 0 unspecified atom stereocenters. The summed E-state index contributed by atoms with van der Waals surface area (Å²) < 4.78 is 29.8. The van der Waals surface area contributed by atoms with Crippen molar-refractivity contribution in [2.45, 2.75) is 46.1 Å². The highest BCUT2D eigenvalue weighted by atomic mass is 32.2. The van der Waals surface area contributed by atoms with Gasteiger partial charge in [0.1, 0.15) is 5.82 Å². The van der Waals surface area contributed by atoms with E-state index in [9.17, 15) is 8.42 Å². The number of hydrogen-bond donors (Lipinski definition) is 1. The summed E-state index contributed by atoms with van der Waals surface area (Å²) in [5.74, 6) is 0.482. The van der Waals surface area contributed by atoms with Gasteiger partial charge in [0.25, 0.3) is 10.0 Å². The van der Waals surface area contributed by atoms with Crippen LogP contribution in [0.15, 0.2) is 23.2 Å². The summed E-state index contributed by atoms with van der Waals surface area (Å²) in [5.41, 5.74) is 3.52. The molecule has 21 heavy (non-hydrogen) atoms. The van der Waals surface area contributed by atoms with Crippen molar-refractivity contribution in [1.82, 2.24) is 9.78 Å². The Bertz CT molecular complexity index is 750. The molecule has 114 valence electrons. The number of aryl methyl sites for hydroxylation is 3.